The Bertz CT molecular complexity index is 245. The number of carbonyl (C=O) groups excluding carboxylic acids is 1. The Balaban J connectivity index is 2.32. The normalized spacial score (nSPS) is 30.9. The quantitative estimate of drug-likeness (QED) is 0.724. The van der Waals surface area contributed by atoms with Crippen molar-refractivity contribution in [2.75, 3.05) is 0 Å². The number of alkyl carbamates (subject to hydrolysis) is 1. The lowest BCUT2D eigenvalue weighted by Crippen LogP contribution is -2.44. The molecule has 0 aromatic carbocycles. The van der Waals surface area contributed by atoms with Gasteiger partial charge in [-0.1, -0.05) is 0 Å². The molecule has 94 valence electrons. The molecule has 0 aromatic rings. The molecule has 4 nitrogen and oxygen atoms in total. The minimum Gasteiger partial charge on any atom is -0.444 e. The zero-order valence-electron chi connectivity index (χ0n) is 10.7. The van der Waals surface area contributed by atoms with Crippen molar-refractivity contribution in [3.05, 3.63) is 0 Å². The van der Waals surface area contributed by atoms with Crippen LogP contribution in [0.2, 0.25) is 0 Å². The number of hydrogen-bond acceptors (Lipinski definition) is 3. The Morgan fingerprint density at radius 3 is 2.31 bits per heavy atom. The maximum Gasteiger partial charge on any atom is 0.407 e. The molecule has 0 atom stereocenters. The van der Waals surface area contributed by atoms with Crippen molar-refractivity contribution in [3.63, 3.8) is 0 Å². The van der Waals surface area contributed by atoms with Gasteiger partial charge >= 0.3 is 6.09 Å². The molecule has 0 radical (unpaired) electrons. The summed E-state index contributed by atoms with van der Waals surface area (Å²) in [6.07, 6.45) is 2.72. The van der Waals surface area contributed by atoms with E-state index in [0.717, 1.165) is 25.7 Å². The maximum atomic E-state index is 11.5. The molecule has 0 unspecified atom stereocenters. The van der Waals surface area contributed by atoms with Crippen molar-refractivity contribution >= 4 is 6.09 Å². The fraction of sp³-hybridized carbons (Fsp3) is 0.917. The zero-order valence-corrected chi connectivity index (χ0v) is 10.7. The molecule has 1 rings (SSSR count). The van der Waals surface area contributed by atoms with Crippen LogP contribution in [0.4, 0.5) is 4.79 Å². The van der Waals surface area contributed by atoms with Gasteiger partial charge in [0.1, 0.15) is 5.60 Å². The zero-order chi connectivity index (χ0) is 12.4. The third-order valence-electron chi connectivity index (χ3n) is 2.78. The summed E-state index contributed by atoms with van der Waals surface area (Å²) < 4.78 is 5.18. The summed E-state index contributed by atoms with van der Waals surface area (Å²) in [5.74, 6) is 0. The number of ether oxygens (including phenoxy) is 1. The van der Waals surface area contributed by atoms with E-state index in [-0.39, 0.29) is 12.1 Å². The second-order valence-electron chi connectivity index (χ2n) is 5.92. The average molecular weight is 229 g/mol. The van der Waals surface area contributed by atoms with Gasteiger partial charge in [0.15, 0.2) is 0 Å². The average Bonchev–Trinajstić information content (AvgIpc) is 2.05. The minimum absolute atomic E-state index is 0.134. The molecule has 1 fully saturated rings. The number of aliphatic hydroxyl groups is 1. The Morgan fingerprint density at radius 1 is 1.38 bits per heavy atom. The molecule has 1 aliphatic rings. The molecule has 1 saturated carbocycles. The predicted octanol–water partition coefficient (Wildman–Crippen LogP) is 2.20. The topological polar surface area (TPSA) is 58.6 Å². The van der Waals surface area contributed by atoms with Gasteiger partial charge in [-0.15, -0.1) is 0 Å². The van der Waals surface area contributed by atoms with Gasteiger partial charge < -0.3 is 15.2 Å². The van der Waals surface area contributed by atoms with Crippen molar-refractivity contribution in [2.24, 2.45) is 0 Å². The summed E-state index contributed by atoms with van der Waals surface area (Å²) in [5.41, 5.74) is -1.02. The summed E-state index contributed by atoms with van der Waals surface area (Å²) in [7, 11) is 0. The Labute approximate surface area is 97.4 Å². The molecule has 1 amide bonds. The van der Waals surface area contributed by atoms with Crippen LogP contribution in [-0.2, 0) is 4.74 Å². The van der Waals surface area contributed by atoms with Crippen LogP contribution in [0, 0.1) is 0 Å². The van der Waals surface area contributed by atoms with Gasteiger partial charge in [-0.3, -0.25) is 0 Å². The molecule has 4 heteroatoms. The molecule has 0 heterocycles. The van der Waals surface area contributed by atoms with Crippen LogP contribution in [0.1, 0.15) is 53.4 Å². The highest BCUT2D eigenvalue weighted by Gasteiger charge is 2.30. The fourth-order valence-corrected chi connectivity index (χ4v) is 1.86. The first-order valence-corrected chi connectivity index (χ1v) is 5.90. The Kier molecular flexibility index (Phi) is 3.84. The van der Waals surface area contributed by atoms with Crippen LogP contribution < -0.4 is 5.32 Å². The van der Waals surface area contributed by atoms with Crippen molar-refractivity contribution in [1.29, 1.82) is 0 Å². The summed E-state index contributed by atoms with van der Waals surface area (Å²) in [5, 5.41) is 12.6. The largest absolute Gasteiger partial charge is 0.444 e. The van der Waals surface area contributed by atoms with Crippen LogP contribution in [-0.4, -0.2) is 28.4 Å². The molecule has 0 bridgehead atoms. The number of carbonyl (C=O) groups is 1. The lowest BCUT2D eigenvalue weighted by molar-refractivity contribution is 0.00938. The van der Waals surface area contributed by atoms with E-state index in [0.29, 0.717) is 0 Å². The van der Waals surface area contributed by atoms with E-state index in [1.807, 2.05) is 27.7 Å². The number of hydrogen-bond donors (Lipinski definition) is 2. The van der Waals surface area contributed by atoms with Crippen molar-refractivity contribution in [3.8, 4) is 0 Å². The van der Waals surface area contributed by atoms with Gasteiger partial charge in [0.25, 0.3) is 0 Å². The van der Waals surface area contributed by atoms with E-state index in [4.69, 9.17) is 4.74 Å². The molecule has 0 aromatic heterocycles. The number of amides is 1. The highest BCUT2D eigenvalue weighted by Crippen LogP contribution is 2.27. The first kappa shape index (κ1) is 13.3. The van der Waals surface area contributed by atoms with E-state index in [2.05, 4.69) is 5.32 Å². The molecule has 0 spiro atoms. The highest BCUT2D eigenvalue weighted by molar-refractivity contribution is 5.68. The Hall–Kier alpha value is -0.770. The standard InChI is InChI=1S/C12H23NO3/c1-11(2,3)16-10(14)13-9-5-7-12(4,15)8-6-9/h9,15H,5-8H2,1-4H3,(H,13,14)/t9-,12-. The van der Waals surface area contributed by atoms with E-state index in [1.165, 1.54) is 0 Å². The van der Waals surface area contributed by atoms with Crippen LogP contribution in [0.25, 0.3) is 0 Å². The molecule has 0 aliphatic heterocycles. The van der Waals surface area contributed by atoms with Gasteiger partial charge in [-0.25, -0.2) is 4.79 Å². The SMILES string of the molecule is CC(C)(C)OC(=O)N[C@H]1CC[C@](C)(O)CC1. The van der Waals surface area contributed by atoms with Crippen LogP contribution in [0.15, 0.2) is 0 Å². The fourth-order valence-electron chi connectivity index (χ4n) is 1.86. The monoisotopic (exact) mass is 229 g/mol. The van der Waals surface area contributed by atoms with E-state index in [9.17, 15) is 9.90 Å². The van der Waals surface area contributed by atoms with Crippen LogP contribution >= 0.6 is 0 Å². The second-order valence-corrected chi connectivity index (χ2v) is 5.92. The van der Waals surface area contributed by atoms with Gasteiger partial charge in [0, 0.05) is 6.04 Å². The molecular formula is C12H23NO3. The molecule has 16 heavy (non-hydrogen) atoms. The molecule has 2 N–H and O–H groups in total. The highest BCUT2D eigenvalue weighted by atomic mass is 16.6. The van der Waals surface area contributed by atoms with Crippen molar-refractivity contribution in [2.45, 2.75) is 70.6 Å². The second kappa shape index (κ2) is 4.62. The Morgan fingerprint density at radius 2 is 1.88 bits per heavy atom. The minimum atomic E-state index is -0.563. The number of rotatable bonds is 1. The summed E-state index contributed by atoms with van der Waals surface area (Å²) in [4.78, 5) is 11.5. The third-order valence-corrected chi connectivity index (χ3v) is 2.78. The van der Waals surface area contributed by atoms with E-state index >= 15 is 0 Å². The maximum absolute atomic E-state index is 11.5. The first-order chi connectivity index (χ1) is 7.18. The smallest absolute Gasteiger partial charge is 0.407 e. The van der Waals surface area contributed by atoms with Crippen LogP contribution in [0.5, 0.6) is 0 Å². The van der Waals surface area contributed by atoms with E-state index < -0.39 is 11.2 Å². The van der Waals surface area contributed by atoms with Crippen molar-refractivity contribution < 1.29 is 14.6 Å². The van der Waals surface area contributed by atoms with Gasteiger partial charge in [-0.05, 0) is 53.4 Å². The predicted molar refractivity (Wildman–Crippen MR) is 62.2 cm³/mol. The summed E-state index contributed by atoms with van der Waals surface area (Å²) in [6.45, 7) is 7.38. The van der Waals surface area contributed by atoms with E-state index in [1.54, 1.807) is 0 Å². The molecule has 1 aliphatic carbocycles. The first-order valence-electron chi connectivity index (χ1n) is 5.90. The van der Waals surface area contributed by atoms with Crippen LogP contribution in [0.3, 0.4) is 0 Å². The van der Waals surface area contributed by atoms with Gasteiger partial charge in [-0.2, -0.15) is 0 Å². The lowest BCUT2D eigenvalue weighted by Gasteiger charge is -2.33. The third kappa shape index (κ3) is 4.84. The van der Waals surface area contributed by atoms with Gasteiger partial charge in [0.05, 0.1) is 5.60 Å². The molecular weight excluding hydrogens is 206 g/mol. The van der Waals surface area contributed by atoms with Gasteiger partial charge in [0.2, 0.25) is 0 Å². The number of nitrogens with one attached hydrogen (secondary N) is 1. The summed E-state index contributed by atoms with van der Waals surface area (Å²) in [6, 6.07) is 0.134. The summed E-state index contributed by atoms with van der Waals surface area (Å²) >= 11 is 0. The lowest BCUT2D eigenvalue weighted by atomic mass is 9.84. The molecule has 0 saturated heterocycles. The van der Waals surface area contributed by atoms with Crippen molar-refractivity contribution in [1.82, 2.24) is 5.32 Å².